The van der Waals surface area contributed by atoms with Crippen molar-refractivity contribution < 1.29 is 0 Å². The summed E-state index contributed by atoms with van der Waals surface area (Å²) in [6.07, 6.45) is 6.69. The number of rotatable bonds is 6. The van der Waals surface area contributed by atoms with E-state index in [9.17, 15) is 0 Å². The molecule has 3 atom stereocenters. The molecule has 2 aliphatic rings. The van der Waals surface area contributed by atoms with Crippen molar-refractivity contribution in [2.45, 2.75) is 64.1 Å². The van der Waals surface area contributed by atoms with Gasteiger partial charge in [0.2, 0.25) is 0 Å². The second kappa shape index (κ2) is 6.93. The standard InChI is InChI=1S/C19H30N2/c1-3-7-15(2)21-14-18(12-16-8-5-4-6-9-16)20-13-19(21)17-10-11-17/h4-6,8-9,15,17-20H,3,7,10-14H2,1-2H3. The van der Waals surface area contributed by atoms with E-state index in [1.807, 2.05) is 0 Å². The van der Waals surface area contributed by atoms with Gasteiger partial charge in [-0.2, -0.15) is 0 Å². The van der Waals surface area contributed by atoms with Gasteiger partial charge < -0.3 is 5.32 Å². The molecule has 1 aromatic rings. The highest BCUT2D eigenvalue weighted by Gasteiger charge is 2.40. The van der Waals surface area contributed by atoms with Gasteiger partial charge in [0.15, 0.2) is 0 Å². The van der Waals surface area contributed by atoms with Gasteiger partial charge in [-0.15, -0.1) is 0 Å². The molecule has 2 nitrogen and oxygen atoms in total. The first-order valence-corrected chi connectivity index (χ1v) is 8.81. The van der Waals surface area contributed by atoms with Crippen LogP contribution >= 0.6 is 0 Å². The Morgan fingerprint density at radius 2 is 2.00 bits per heavy atom. The molecule has 0 radical (unpaired) electrons. The summed E-state index contributed by atoms with van der Waals surface area (Å²) in [6.45, 7) is 7.16. The van der Waals surface area contributed by atoms with Gasteiger partial charge in [-0.3, -0.25) is 4.90 Å². The summed E-state index contributed by atoms with van der Waals surface area (Å²) < 4.78 is 0. The van der Waals surface area contributed by atoms with Gasteiger partial charge in [0.1, 0.15) is 0 Å². The van der Waals surface area contributed by atoms with Crippen molar-refractivity contribution in [1.29, 1.82) is 0 Å². The molecule has 1 aliphatic carbocycles. The lowest BCUT2D eigenvalue weighted by atomic mass is 9.97. The second-order valence-corrected chi connectivity index (χ2v) is 7.03. The monoisotopic (exact) mass is 286 g/mol. The highest BCUT2D eigenvalue weighted by molar-refractivity contribution is 5.16. The van der Waals surface area contributed by atoms with Crippen molar-refractivity contribution in [1.82, 2.24) is 10.2 Å². The van der Waals surface area contributed by atoms with Crippen molar-refractivity contribution in [2.24, 2.45) is 5.92 Å². The van der Waals surface area contributed by atoms with Crippen LogP contribution in [0.4, 0.5) is 0 Å². The number of nitrogens with one attached hydrogen (secondary N) is 1. The third-order valence-corrected chi connectivity index (χ3v) is 5.24. The minimum Gasteiger partial charge on any atom is -0.311 e. The molecule has 1 saturated heterocycles. The van der Waals surface area contributed by atoms with Crippen LogP contribution in [0, 0.1) is 5.92 Å². The highest BCUT2D eigenvalue weighted by Crippen LogP contribution is 2.37. The molecule has 0 amide bonds. The van der Waals surface area contributed by atoms with Crippen LogP contribution in [0.3, 0.4) is 0 Å². The van der Waals surface area contributed by atoms with Gasteiger partial charge in [-0.25, -0.2) is 0 Å². The lowest BCUT2D eigenvalue weighted by Crippen LogP contribution is -2.60. The van der Waals surface area contributed by atoms with E-state index in [0.29, 0.717) is 6.04 Å². The van der Waals surface area contributed by atoms with Crippen LogP contribution in [0.1, 0.15) is 45.1 Å². The molecule has 0 aromatic heterocycles. The average Bonchev–Trinajstić information content (AvgIpc) is 3.33. The normalized spacial score (nSPS) is 28.5. The SMILES string of the molecule is CCCC(C)N1CC(Cc2ccccc2)NCC1C1CC1. The first kappa shape index (κ1) is 15.1. The molecule has 21 heavy (non-hydrogen) atoms. The summed E-state index contributed by atoms with van der Waals surface area (Å²) in [5.74, 6) is 0.967. The molecule has 3 rings (SSSR count). The van der Waals surface area contributed by atoms with Crippen molar-refractivity contribution in [3.05, 3.63) is 35.9 Å². The molecular formula is C19H30N2. The summed E-state index contributed by atoms with van der Waals surface area (Å²) in [5, 5.41) is 3.82. The molecule has 3 unspecified atom stereocenters. The van der Waals surface area contributed by atoms with Crippen LogP contribution in [0.15, 0.2) is 30.3 Å². The maximum atomic E-state index is 3.82. The Bertz CT molecular complexity index is 426. The van der Waals surface area contributed by atoms with Crippen molar-refractivity contribution in [3.8, 4) is 0 Å². The Kier molecular flexibility index (Phi) is 4.97. The van der Waals surface area contributed by atoms with Crippen molar-refractivity contribution in [3.63, 3.8) is 0 Å². The Morgan fingerprint density at radius 1 is 1.24 bits per heavy atom. The lowest BCUT2D eigenvalue weighted by Gasteiger charge is -2.44. The average molecular weight is 286 g/mol. The molecule has 116 valence electrons. The molecule has 1 N–H and O–H groups in total. The Hall–Kier alpha value is -0.860. The van der Waals surface area contributed by atoms with E-state index in [0.717, 1.165) is 24.4 Å². The first-order chi connectivity index (χ1) is 10.3. The van der Waals surface area contributed by atoms with E-state index in [2.05, 4.69) is 54.4 Å². The van der Waals surface area contributed by atoms with Crippen LogP contribution in [0.5, 0.6) is 0 Å². The minimum absolute atomic E-state index is 0.613. The molecular weight excluding hydrogens is 256 g/mol. The number of piperazine rings is 1. The van der Waals surface area contributed by atoms with Gasteiger partial charge >= 0.3 is 0 Å². The molecule has 0 spiro atoms. The quantitative estimate of drug-likeness (QED) is 0.861. The van der Waals surface area contributed by atoms with E-state index >= 15 is 0 Å². The Labute approximate surface area is 129 Å². The molecule has 1 saturated carbocycles. The van der Waals surface area contributed by atoms with Gasteiger partial charge in [-0.1, -0.05) is 43.7 Å². The van der Waals surface area contributed by atoms with Crippen molar-refractivity contribution >= 4 is 0 Å². The van der Waals surface area contributed by atoms with E-state index < -0.39 is 0 Å². The van der Waals surface area contributed by atoms with E-state index in [-0.39, 0.29) is 0 Å². The maximum absolute atomic E-state index is 3.82. The number of hydrogen-bond acceptors (Lipinski definition) is 2. The summed E-state index contributed by atoms with van der Waals surface area (Å²) >= 11 is 0. The summed E-state index contributed by atoms with van der Waals surface area (Å²) in [7, 11) is 0. The Balaban J connectivity index is 1.63. The summed E-state index contributed by atoms with van der Waals surface area (Å²) in [5.41, 5.74) is 1.46. The molecule has 1 aromatic carbocycles. The fraction of sp³-hybridized carbons (Fsp3) is 0.684. The van der Waals surface area contributed by atoms with Crippen molar-refractivity contribution in [2.75, 3.05) is 13.1 Å². The predicted molar refractivity (Wildman–Crippen MR) is 89.5 cm³/mol. The fourth-order valence-corrected chi connectivity index (χ4v) is 3.90. The molecule has 1 heterocycles. The van der Waals surface area contributed by atoms with Crippen LogP contribution in [-0.2, 0) is 6.42 Å². The van der Waals surface area contributed by atoms with Gasteiger partial charge in [0.25, 0.3) is 0 Å². The third-order valence-electron chi connectivity index (χ3n) is 5.24. The van der Waals surface area contributed by atoms with E-state index in [4.69, 9.17) is 0 Å². The van der Waals surface area contributed by atoms with Crippen LogP contribution < -0.4 is 5.32 Å². The van der Waals surface area contributed by atoms with Gasteiger partial charge in [0.05, 0.1) is 0 Å². The molecule has 0 bridgehead atoms. The Morgan fingerprint density at radius 3 is 2.67 bits per heavy atom. The number of nitrogens with zero attached hydrogens (tertiary/aromatic N) is 1. The minimum atomic E-state index is 0.613. The zero-order valence-corrected chi connectivity index (χ0v) is 13.6. The number of benzene rings is 1. The van der Waals surface area contributed by atoms with Crippen LogP contribution in [0.2, 0.25) is 0 Å². The van der Waals surface area contributed by atoms with E-state index in [1.54, 1.807) is 0 Å². The molecule has 2 heteroatoms. The van der Waals surface area contributed by atoms with Crippen LogP contribution in [-0.4, -0.2) is 36.1 Å². The first-order valence-electron chi connectivity index (χ1n) is 8.81. The molecule has 2 fully saturated rings. The van der Waals surface area contributed by atoms with Gasteiger partial charge in [-0.05, 0) is 44.1 Å². The molecule has 1 aliphatic heterocycles. The van der Waals surface area contributed by atoms with E-state index in [1.165, 1.54) is 44.3 Å². The second-order valence-electron chi connectivity index (χ2n) is 7.03. The maximum Gasteiger partial charge on any atom is 0.0252 e. The lowest BCUT2D eigenvalue weighted by molar-refractivity contribution is 0.0718. The number of hydrogen-bond donors (Lipinski definition) is 1. The predicted octanol–water partition coefficient (Wildman–Crippen LogP) is 3.47. The van der Waals surface area contributed by atoms with Crippen LogP contribution in [0.25, 0.3) is 0 Å². The summed E-state index contributed by atoms with van der Waals surface area (Å²) in [6, 6.07) is 13.1. The summed E-state index contributed by atoms with van der Waals surface area (Å²) in [4.78, 5) is 2.82. The fourth-order valence-electron chi connectivity index (χ4n) is 3.90. The topological polar surface area (TPSA) is 15.3 Å². The zero-order valence-electron chi connectivity index (χ0n) is 13.6. The third kappa shape index (κ3) is 3.87. The van der Waals surface area contributed by atoms with Gasteiger partial charge in [0, 0.05) is 31.2 Å². The highest BCUT2D eigenvalue weighted by atomic mass is 15.3. The zero-order chi connectivity index (χ0) is 14.7. The smallest absolute Gasteiger partial charge is 0.0252 e. The largest absolute Gasteiger partial charge is 0.311 e.